The highest BCUT2D eigenvalue weighted by Gasteiger charge is 2.28. The first-order chi connectivity index (χ1) is 25.3. The molecule has 4 aromatic heterocycles. The van der Waals surface area contributed by atoms with E-state index >= 15 is 0 Å². The van der Waals surface area contributed by atoms with Gasteiger partial charge in [-0.3, -0.25) is 4.57 Å². The van der Waals surface area contributed by atoms with Crippen LogP contribution in [0, 0.1) is 0 Å². The van der Waals surface area contributed by atoms with Gasteiger partial charge in [0, 0.05) is 49.1 Å². The zero-order valence-corrected chi connectivity index (χ0v) is 27.2. The predicted octanol–water partition coefficient (Wildman–Crippen LogP) is 11.3. The van der Waals surface area contributed by atoms with Gasteiger partial charge in [-0.2, -0.15) is 9.97 Å². The van der Waals surface area contributed by atoms with Crippen molar-refractivity contribution >= 4 is 65.6 Å². The Kier molecular flexibility index (Phi) is 5.86. The number of hydrogen-bond acceptors (Lipinski definition) is 4. The van der Waals surface area contributed by atoms with E-state index in [0.717, 1.165) is 77.0 Å². The molecular formula is C45H27N5O. The van der Waals surface area contributed by atoms with Gasteiger partial charge in [-0.25, -0.2) is 4.98 Å². The Labute approximate surface area is 291 Å². The molecule has 6 heteroatoms. The van der Waals surface area contributed by atoms with Gasteiger partial charge in [0.25, 0.3) is 0 Å². The highest BCUT2D eigenvalue weighted by Crippen LogP contribution is 2.49. The average Bonchev–Trinajstić information content (AvgIpc) is 3.87. The fourth-order valence-corrected chi connectivity index (χ4v) is 7.84. The maximum Gasteiger partial charge on any atom is 0.238 e. The number of hydrogen-bond donors (Lipinski definition) is 0. The Hall–Kier alpha value is -7.05. The molecule has 0 atom stereocenters. The lowest BCUT2D eigenvalue weighted by molar-refractivity contribution is 0.671. The lowest BCUT2D eigenvalue weighted by atomic mass is 10.0. The Morgan fingerprint density at radius 1 is 0.392 bits per heavy atom. The minimum absolute atomic E-state index is 0.525. The summed E-state index contributed by atoms with van der Waals surface area (Å²) in [6.07, 6.45) is 0. The van der Waals surface area contributed by atoms with Gasteiger partial charge in [-0.15, -0.1) is 0 Å². The van der Waals surface area contributed by atoms with Crippen molar-refractivity contribution in [2.45, 2.75) is 0 Å². The van der Waals surface area contributed by atoms with E-state index in [4.69, 9.17) is 19.4 Å². The summed E-state index contributed by atoms with van der Waals surface area (Å²) in [5.41, 5.74) is 8.70. The Balaban J connectivity index is 1.40. The topological polar surface area (TPSA) is 61.7 Å². The first-order valence-corrected chi connectivity index (χ1v) is 17.1. The number of aromatic nitrogens is 5. The van der Waals surface area contributed by atoms with Crippen LogP contribution in [0.25, 0.3) is 100.0 Å². The molecule has 6 nitrogen and oxygen atoms in total. The minimum Gasteiger partial charge on any atom is -0.454 e. The second-order valence-electron chi connectivity index (χ2n) is 12.8. The summed E-state index contributed by atoms with van der Waals surface area (Å²) in [6, 6.07) is 56.4. The van der Waals surface area contributed by atoms with Crippen LogP contribution in [-0.2, 0) is 0 Å². The van der Waals surface area contributed by atoms with Crippen LogP contribution < -0.4 is 0 Å². The van der Waals surface area contributed by atoms with Gasteiger partial charge in [0.2, 0.25) is 5.95 Å². The molecule has 0 unspecified atom stereocenters. The number of fused-ring (bicyclic) bond motifs is 12. The smallest absolute Gasteiger partial charge is 0.238 e. The highest BCUT2D eigenvalue weighted by molar-refractivity contribution is 6.39. The fraction of sp³-hybridized carbons (Fsp3) is 0. The van der Waals surface area contributed by atoms with Crippen molar-refractivity contribution in [3.8, 4) is 34.4 Å². The summed E-state index contributed by atoms with van der Waals surface area (Å²) in [6.45, 7) is 0. The number of benzene rings is 7. The standard InChI is InChI=1S/C45H27N5O/c1-4-16-28(17-5-1)43-46-44(29-18-6-2-7-19-29)48-45(47-43)50-35-26-14-11-23-32(35)39-40-37(38-33-24-12-15-27-36(33)51-42(38)41(39)50)31-22-10-13-25-34(31)49(40)30-20-8-3-9-21-30/h1-27H. The molecule has 51 heavy (non-hydrogen) atoms. The summed E-state index contributed by atoms with van der Waals surface area (Å²) < 4.78 is 11.5. The fourth-order valence-electron chi connectivity index (χ4n) is 7.84. The van der Waals surface area contributed by atoms with Crippen LogP contribution in [0.5, 0.6) is 0 Å². The first kappa shape index (κ1) is 27.9. The molecule has 0 fully saturated rings. The summed E-state index contributed by atoms with van der Waals surface area (Å²) >= 11 is 0. The SMILES string of the molecule is c1ccc(-c2nc(-c3ccccc3)nc(-n3c4ccccc4c4c3c3oc5ccccc5c3c3c5ccccc5n(-c5ccccc5)c34)n2)cc1. The zero-order valence-electron chi connectivity index (χ0n) is 27.2. The minimum atomic E-state index is 0.525. The molecule has 0 saturated heterocycles. The van der Waals surface area contributed by atoms with Gasteiger partial charge in [0.05, 0.1) is 16.6 Å². The van der Waals surface area contributed by atoms with Gasteiger partial charge in [-0.05, 0) is 30.3 Å². The van der Waals surface area contributed by atoms with Gasteiger partial charge >= 0.3 is 0 Å². The van der Waals surface area contributed by atoms with Crippen LogP contribution >= 0.6 is 0 Å². The molecule has 4 heterocycles. The number of furan rings is 1. The molecule has 238 valence electrons. The Bertz CT molecular complexity index is 3060. The lowest BCUT2D eigenvalue weighted by Gasteiger charge is -2.12. The summed E-state index contributed by atoms with van der Waals surface area (Å²) in [5, 5.41) is 6.64. The van der Waals surface area contributed by atoms with Crippen LogP contribution in [0.2, 0.25) is 0 Å². The molecule has 7 aromatic carbocycles. The second-order valence-corrected chi connectivity index (χ2v) is 12.8. The number of rotatable bonds is 4. The van der Waals surface area contributed by atoms with Gasteiger partial charge in [0.1, 0.15) is 11.1 Å². The maximum absolute atomic E-state index is 6.96. The van der Waals surface area contributed by atoms with Crippen molar-refractivity contribution < 1.29 is 4.42 Å². The summed E-state index contributed by atoms with van der Waals surface area (Å²) in [4.78, 5) is 15.5. The van der Waals surface area contributed by atoms with Crippen molar-refractivity contribution in [2.24, 2.45) is 0 Å². The van der Waals surface area contributed by atoms with Crippen LogP contribution in [0.3, 0.4) is 0 Å². The summed E-state index contributed by atoms with van der Waals surface area (Å²) in [5.74, 6) is 1.73. The van der Waals surface area contributed by atoms with E-state index in [1.807, 2.05) is 66.7 Å². The third-order valence-corrected chi connectivity index (χ3v) is 9.95. The van der Waals surface area contributed by atoms with Gasteiger partial charge < -0.3 is 8.98 Å². The van der Waals surface area contributed by atoms with E-state index in [0.29, 0.717) is 17.6 Å². The molecule has 0 aliphatic rings. The molecule has 0 N–H and O–H groups in total. The van der Waals surface area contributed by atoms with Crippen molar-refractivity contribution in [3.05, 3.63) is 164 Å². The van der Waals surface area contributed by atoms with Crippen molar-refractivity contribution in [1.82, 2.24) is 24.1 Å². The van der Waals surface area contributed by atoms with E-state index in [1.54, 1.807) is 0 Å². The Morgan fingerprint density at radius 3 is 1.55 bits per heavy atom. The molecule has 11 rings (SSSR count). The maximum atomic E-state index is 6.96. The third-order valence-electron chi connectivity index (χ3n) is 9.95. The first-order valence-electron chi connectivity index (χ1n) is 17.1. The quantitative estimate of drug-likeness (QED) is 0.190. The number of nitrogens with zero attached hydrogens (tertiary/aromatic N) is 5. The van der Waals surface area contributed by atoms with Crippen LogP contribution in [0.15, 0.2) is 168 Å². The molecule has 0 amide bonds. The molecule has 11 aromatic rings. The number of para-hydroxylation sites is 4. The largest absolute Gasteiger partial charge is 0.454 e. The molecular weight excluding hydrogens is 627 g/mol. The molecule has 0 radical (unpaired) electrons. The van der Waals surface area contributed by atoms with Crippen LogP contribution in [0.4, 0.5) is 0 Å². The summed E-state index contributed by atoms with van der Waals surface area (Å²) in [7, 11) is 0. The van der Waals surface area contributed by atoms with Crippen molar-refractivity contribution in [1.29, 1.82) is 0 Å². The van der Waals surface area contributed by atoms with Crippen molar-refractivity contribution in [3.63, 3.8) is 0 Å². The monoisotopic (exact) mass is 653 g/mol. The van der Waals surface area contributed by atoms with E-state index < -0.39 is 0 Å². The van der Waals surface area contributed by atoms with E-state index in [-0.39, 0.29) is 0 Å². The third kappa shape index (κ3) is 4.01. The van der Waals surface area contributed by atoms with E-state index in [1.165, 1.54) is 5.39 Å². The average molecular weight is 654 g/mol. The van der Waals surface area contributed by atoms with Crippen molar-refractivity contribution in [2.75, 3.05) is 0 Å². The van der Waals surface area contributed by atoms with E-state index in [2.05, 4.69) is 106 Å². The Morgan fingerprint density at radius 2 is 0.902 bits per heavy atom. The zero-order chi connectivity index (χ0) is 33.5. The van der Waals surface area contributed by atoms with Gasteiger partial charge in [-0.1, -0.05) is 133 Å². The highest BCUT2D eigenvalue weighted by atomic mass is 16.3. The van der Waals surface area contributed by atoms with E-state index in [9.17, 15) is 0 Å². The van der Waals surface area contributed by atoms with Crippen LogP contribution in [-0.4, -0.2) is 24.1 Å². The van der Waals surface area contributed by atoms with Crippen LogP contribution in [0.1, 0.15) is 0 Å². The molecule has 0 saturated carbocycles. The molecule has 0 aliphatic carbocycles. The second kappa shape index (κ2) is 10.7. The molecule has 0 spiro atoms. The molecule has 0 aliphatic heterocycles. The molecule has 0 bridgehead atoms. The normalized spacial score (nSPS) is 11.9. The predicted molar refractivity (Wildman–Crippen MR) is 207 cm³/mol. The lowest BCUT2D eigenvalue weighted by Crippen LogP contribution is -2.06. The van der Waals surface area contributed by atoms with Gasteiger partial charge in [0.15, 0.2) is 17.2 Å².